The summed E-state index contributed by atoms with van der Waals surface area (Å²) in [5.41, 5.74) is 6.71. The predicted octanol–water partition coefficient (Wildman–Crippen LogP) is 1.65. The van der Waals surface area contributed by atoms with Gasteiger partial charge < -0.3 is 10.2 Å². The first-order chi connectivity index (χ1) is 9.61. The van der Waals surface area contributed by atoms with Crippen molar-refractivity contribution >= 4 is 0 Å². The van der Waals surface area contributed by atoms with Gasteiger partial charge in [-0.1, -0.05) is 6.92 Å². The van der Waals surface area contributed by atoms with Crippen molar-refractivity contribution in [2.75, 3.05) is 13.1 Å². The topological polar surface area (TPSA) is 68.2 Å². The highest BCUT2D eigenvalue weighted by atomic mass is 19.1. The van der Waals surface area contributed by atoms with Crippen molar-refractivity contribution in [3.63, 3.8) is 0 Å². The first-order valence-electron chi connectivity index (χ1n) is 6.68. The zero-order chi connectivity index (χ0) is 14.1. The Kier molecular flexibility index (Phi) is 3.50. The van der Waals surface area contributed by atoms with Crippen LogP contribution >= 0.6 is 0 Å². The Labute approximate surface area is 116 Å². The van der Waals surface area contributed by atoms with E-state index in [-0.39, 0.29) is 11.9 Å². The van der Waals surface area contributed by atoms with Crippen molar-refractivity contribution < 1.29 is 8.81 Å². The quantitative estimate of drug-likeness (QED) is 0.923. The average molecular weight is 276 g/mol. The third kappa shape index (κ3) is 2.71. The molecule has 1 aliphatic rings. The monoisotopic (exact) mass is 276 g/mol. The van der Waals surface area contributed by atoms with Crippen molar-refractivity contribution in [1.82, 2.24) is 15.1 Å². The van der Waals surface area contributed by atoms with Gasteiger partial charge in [0, 0.05) is 24.7 Å². The van der Waals surface area contributed by atoms with E-state index in [1.807, 2.05) is 0 Å². The molecule has 0 spiro atoms. The van der Waals surface area contributed by atoms with Crippen LogP contribution in [-0.2, 0) is 6.54 Å². The molecule has 0 aliphatic carbocycles. The largest absolute Gasteiger partial charge is 0.419 e. The molecule has 2 unspecified atom stereocenters. The van der Waals surface area contributed by atoms with Crippen LogP contribution in [0.4, 0.5) is 4.39 Å². The van der Waals surface area contributed by atoms with E-state index in [0.717, 1.165) is 18.7 Å². The number of hydrogen-bond donors (Lipinski definition) is 1. The lowest BCUT2D eigenvalue weighted by atomic mass is 10.1. The summed E-state index contributed by atoms with van der Waals surface area (Å²) in [5.74, 6) is 1.17. The second-order valence-electron chi connectivity index (χ2n) is 5.34. The third-order valence-electron chi connectivity index (χ3n) is 3.66. The van der Waals surface area contributed by atoms with E-state index in [9.17, 15) is 4.39 Å². The van der Waals surface area contributed by atoms with Crippen molar-refractivity contribution in [3.8, 4) is 11.5 Å². The molecule has 2 heterocycles. The summed E-state index contributed by atoms with van der Waals surface area (Å²) >= 11 is 0. The molecule has 1 aliphatic heterocycles. The highest BCUT2D eigenvalue weighted by Gasteiger charge is 2.27. The maximum absolute atomic E-state index is 12.9. The van der Waals surface area contributed by atoms with Crippen molar-refractivity contribution in [2.45, 2.75) is 19.5 Å². The van der Waals surface area contributed by atoms with E-state index >= 15 is 0 Å². The fourth-order valence-corrected chi connectivity index (χ4v) is 2.44. The van der Waals surface area contributed by atoms with Gasteiger partial charge in [-0.3, -0.25) is 4.90 Å². The minimum atomic E-state index is -0.284. The van der Waals surface area contributed by atoms with E-state index in [2.05, 4.69) is 22.0 Å². The van der Waals surface area contributed by atoms with E-state index in [4.69, 9.17) is 10.2 Å². The molecule has 1 saturated heterocycles. The summed E-state index contributed by atoms with van der Waals surface area (Å²) in [6.07, 6.45) is 0. The summed E-state index contributed by atoms with van der Waals surface area (Å²) in [4.78, 5) is 2.21. The Hall–Kier alpha value is -1.79. The molecule has 5 nitrogen and oxygen atoms in total. The van der Waals surface area contributed by atoms with Gasteiger partial charge in [-0.15, -0.1) is 10.2 Å². The number of likely N-dealkylation sites (tertiary alicyclic amines) is 1. The summed E-state index contributed by atoms with van der Waals surface area (Å²) in [7, 11) is 0. The van der Waals surface area contributed by atoms with Crippen LogP contribution < -0.4 is 5.73 Å². The number of benzene rings is 1. The van der Waals surface area contributed by atoms with Gasteiger partial charge in [0.15, 0.2) is 0 Å². The van der Waals surface area contributed by atoms with Crippen LogP contribution in [0.25, 0.3) is 11.5 Å². The lowest BCUT2D eigenvalue weighted by Crippen LogP contribution is -2.28. The molecule has 1 aromatic carbocycles. The lowest BCUT2D eigenvalue weighted by Gasteiger charge is -2.11. The van der Waals surface area contributed by atoms with Gasteiger partial charge in [-0.05, 0) is 30.2 Å². The van der Waals surface area contributed by atoms with E-state index < -0.39 is 0 Å². The van der Waals surface area contributed by atoms with Crippen molar-refractivity contribution in [1.29, 1.82) is 0 Å². The van der Waals surface area contributed by atoms with Gasteiger partial charge in [-0.2, -0.15) is 0 Å². The maximum atomic E-state index is 12.9. The number of aromatic nitrogens is 2. The molecular weight excluding hydrogens is 259 g/mol. The first-order valence-corrected chi connectivity index (χ1v) is 6.68. The van der Waals surface area contributed by atoms with Crippen LogP contribution in [0.5, 0.6) is 0 Å². The Bertz CT molecular complexity index is 573. The summed E-state index contributed by atoms with van der Waals surface area (Å²) < 4.78 is 18.5. The van der Waals surface area contributed by atoms with Crippen LogP contribution in [0.3, 0.4) is 0 Å². The van der Waals surface area contributed by atoms with Gasteiger partial charge in [-0.25, -0.2) is 4.39 Å². The smallest absolute Gasteiger partial charge is 0.247 e. The standard InChI is InChI=1S/C14H17FN4O/c1-9-6-19(7-12(9)16)8-13-17-18-14(20-13)10-2-4-11(15)5-3-10/h2-5,9,12H,6-8,16H2,1H3. The van der Waals surface area contributed by atoms with E-state index in [0.29, 0.717) is 24.2 Å². The molecule has 2 aromatic rings. The lowest BCUT2D eigenvalue weighted by molar-refractivity contribution is 0.283. The van der Waals surface area contributed by atoms with Crippen molar-refractivity contribution in [2.24, 2.45) is 11.7 Å². The van der Waals surface area contributed by atoms with Crippen LogP contribution in [0.1, 0.15) is 12.8 Å². The Morgan fingerprint density at radius 3 is 2.70 bits per heavy atom. The zero-order valence-electron chi connectivity index (χ0n) is 11.3. The van der Waals surface area contributed by atoms with Crippen LogP contribution in [0, 0.1) is 11.7 Å². The SMILES string of the molecule is CC1CN(Cc2nnc(-c3ccc(F)cc3)o2)CC1N. The number of hydrogen-bond acceptors (Lipinski definition) is 5. The third-order valence-corrected chi connectivity index (χ3v) is 3.66. The molecule has 2 N–H and O–H groups in total. The molecule has 0 amide bonds. The predicted molar refractivity (Wildman–Crippen MR) is 72.1 cm³/mol. The van der Waals surface area contributed by atoms with Gasteiger partial charge >= 0.3 is 0 Å². The zero-order valence-corrected chi connectivity index (χ0v) is 11.3. The molecule has 0 saturated carbocycles. The van der Waals surface area contributed by atoms with Gasteiger partial charge in [0.25, 0.3) is 0 Å². The molecule has 6 heteroatoms. The molecule has 20 heavy (non-hydrogen) atoms. The molecular formula is C14H17FN4O. The highest BCUT2D eigenvalue weighted by Crippen LogP contribution is 2.21. The number of nitrogens with zero attached hydrogens (tertiary/aromatic N) is 3. The molecule has 2 atom stereocenters. The van der Waals surface area contributed by atoms with Crippen molar-refractivity contribution in [3.05, 3.63) is 36.0 Å². The fraction of sp³-hybridized carbons (Fsp3) is 0.429. The maximum Gasteiger partial charge on any atom is 0.247 e. The first kappa shape index (κ1) is 13.2. The second kappa shape index (κ2) is 5.30. The highest BCUT2D eigenvalue weighted by molar-refractivity contribution is 5.51. The normalized spacial score (nSPS) is 23.4. The number of nitrogens with two attached hydrogens (primary N) is 1. The number of rotatable bonds is 3. The summed E-state index contributed by atoms with van der Waals surface area (Å²) in [6.45, 7) is 4.53. The Balaban J connectivity index is 1.69. The second-order valence-corrected chi connectivity index (χ2v) is 5.34. The molecule has 0 radical (unpaired) electrons. The summed E-state index contributed by atoms with van der Waals surface area (Å²) in [6, 6.07) is 6.20. The number of halogens is 1. The van der Waals surface area contributed by atoms with Gasteiger partial charge in [0.2, 0.25) is 11.8 Å². The minimum absolute atomic E-state index is 0.203. The Morgan fingerprint density at radius 2 is 2.05 bits per heavy atom. The summed E-state index contributed by atoms with van der Waals surface area (Å²) in [5, 5.41) is 8.03. The van der Waals surface area contributed by atoms with E-state index in [1.165, 1.54) is 12.1 Å². The van der Waals surface area contributed by atoms with E-state index in [1.54, 1.807) is 12.1 Å². The van der Waals surface area contributed by atoms with Gasteiger partial charge in [0.05, 0.1) is 6.54 Å². The fourth-order valence-electron chi connectivity index (χ4n) is 2.44. The van der Waals surface area contributed by atoms with Gasteiger partial charge in [0.1, 0.15) is 5.82 Å². The molecule has 3 rings (SSSR count). The molecule has 106 valence electrons. The van der Waals surface area contributed by atoms with Crippen LogP contribution in [0.15, 0.2) is 28.7 Å². The van der Waals surface area contributed by atoms with Crippen LogP contribution in [0.2, 0.25) is 0 Å². The molecule has 1 aromatic heterocycles. The molecule has 0 bridgehead atoms. The molecule has 1 fully saturated rings. The average Bonchev–Trinajstić information content (AvgIpc) is 2.99. The van der Waals surface area contributed by atoms with Crippen LogP contribution in [-0.4, -0.2) is 34.2 Å². The Morgan fingerprint density at radius 1 is 1.30 bits per heavy atom. The minimum Gasteiger partial charge on any atom is -0.419 e.